The van der Waals surface area contributed by atoms with E-state index < -0.39 is 35.3 Å². The summed E-state index contributed by atoms with van der Waals surface area (Å²) in [7, 11) is 1.56. The predicted molar refractivity (Wildman–Crippen MR) is 122 cm³/mol. The van der Waals surface area contributed by atoms with Gasteiger partial charge in [-0.25, -0.2) is 13.8 Å². The number of aliphatic carboxylic acids is 1. The van der Waals surface area contributed by atoms with E-state index in [2.05, 4.69) is 22.9 Å². The first-order chi connectivity index (χ1) is 15.7. The quantitative estimate of drug-likeness (QED) is 0.431. The highest BCUT2D eigenvalue weighted by Crippen LogP contribution is 2.41. The first-order valence-corrected chi connectivity index (χ1v) is 11.3. The van der Waals surface area contributed by atoms with Gasteiger partial charge >= 0.3 is 5.97 Å². The second-order valence-corrected chi connectivity index (χ2v) is 9.36. The van der Waals surface area contributed by atoms with Crippen LogP contribution in [0.1, 0.15) is 22.6 Å². The van der Waals surface area contributed by atoms with Crippen molar-refractivity contribution in [3.63, 3.8) is 0 Å². The van der Waals surface area contributed by atoms with E-state index in [0.717, 1.165) is 17.7 Å². The van der Waals surface area contributed by atoms with Crippen molar-refractivity contribution < 1.29 is 28.2 Å². The van der Waals surface area contributed by atoms with Gasteiger partial charge in [-0.3, -0.25) is 9.59 Å². The zero-order valence-electron chi connectivity index (χ0n) is 17.5. The summed E-state index contributed by atoms with van der Waals surface area (Å²) in [6.07, 6.45) is -0.398. The van der Waals surface area contributed by atoms with Gasteiger partial charge in [0.15, 0.2) is 11.6 Å². The lowest BCUT2D eigenvalue weighted by Crippen LogP contribution is -2.43. The number of amides is 1. The number of rotatable bonds is 7. The molecule has 2 aromatic carbocycles. The molecule has 1 heterocycles. The zero-order chi connectivity index (χ0) is 23.8. The van der Waals surface area contributed by atoms with E-state index in [9.17, 15) is 23.5 Å². The zero-order valence-corrected chi connectivity index (χ0v) is 19.2. The number of halogens is 2. The van der Waals surface area contributed by atoms with Crippen LogP contribution in [-0.4, -0.2) is 29.1 Å². The number of aromatic nitrogens is 1. The van der Waals surface area contributed by atoms with E-state index in [4.69, 9.17) is 4.74 Å². The Morgan fingerprint density at radius 1 is 1.21 bits per heavy atom. The maximum Gasteiger partial charge on any atom is 0.304 e. The number of carbonyl (C=O) groups excluding carboxylic acids is 1. The molecule has 0 bridgehead atoms. The standard InChI is InChI=1S/C23H20F2N2O4S2/c1-31-18-3-2-12(6-19(18)32)17-11-33-20(27-17)10-26-22(30)23(9-21(28)29)7-13-4-15(24)16(25)5-14(13)8-23/h2-6,11,32H,7-10H2,1H3,(H,26,30)(H,28,29). The molecule has 0 aliphatic heterocycles. The van der Waals surface area contributed by atoms with Crippen molar-refractivity contribution in [2.24, 2.45) is 5.41 Å². The highest BCUT2D eigenvalue weighted by Gasteiger charge is 2.46. The third-order valence-corrected chi connectivity index (χ3v) is 6.90. The first-order valence-electron chi connectivity index (χ1n) is 9.99. The average molecular weight is 491 g/mol. The molecule has 0 spiro atoms. The van der Waals surface area contributed by atoms with Gasteiger partial charge in [0.1, 0.15) is 10.8 Å². The number of hydrogen-bond donors (Lipinski definition) is 3. The number of carboxylic acid groups (broad SMARTS) is 1. The summed E-state index contributed by atoms with van der Waals surface area (Å²) in [6.45, 7) is 0.105. The lowest BCUT2D eigenvalue weighted by molar-refractivity contribution is -0.145. The number of hydrogen-bond acceptors (Lipinski definition) is 6. The molecule has 0 atom stereocenters. The number of thiol groups is 1. The van der Waals surface area contributed by atoms with E-state index >= 15 is 0 Å². The summed E-state index contributed by atoms with van der Waals surface area (Å²) in [6, 6.07) is 7.55. The van der Waals surface area contributed by atoms with Crippen LogP contribution in [0.5, 0.6) is 5.75 Å². The molecule has 33 heavy (non-hydrogen) atoms. The number of fused-ring (bicyclic) bond motifs is 1. The van der Waals surface area contributed by atoms with Crippen LogP contribution >= 0.6 is 24.0 Å². The maximum atomic E-state index is 13.7. The lowest BCUT2D eigenvalue weighted by atomic mass is 9.80. The Morgan fingerprint density at radius 2 is 1.88 bits per heavy atom. The molecule has 6 nitrogen and oxygen atoms in total. The minimum atomic E-state index is -1.31. The predicted octanol–water partition coefficient (Wildman–Crippen LogP) is 4.26. The molecule has 4 rings (SSSR count). The van der Waals surface area contributed by atoms with E-state index in [1.165, 1.54) is 11.3 Å². The van der Waals surface area contributed by atoms with Crippen LogP contribution in [0.4, 0.5) is 8.78 Å². The summed E-state index contributed by atoms with van der Waals surface area (Å²) in [5.41, 5.74) is 1.13. The summed E-state index contributed by atoms with van der Waals surface area (Å²) in [4.78, 5) is 29.8. The van der Waals surface area contributed by atoms with Crippen LogP contribution in [0.15, 0.2) is 40.6 Å². The molecule has 10 heteroatoms. The Bertz CT molecular complexity index is 1210. The minimum Gasteiger partial charge on any atom is -0.496 e. The van der Waals surface area contributed by atoms with Crippen molar-refractivity contribution in [1.82, 2.24) is 10.3 Å². The average Bonchev–Trinajstić information content (AvgIpc) is 3.37. The van der Waals surface area contributed by atoms with Crippen molar-refractivity contribution in [3.05, 3.63) is 63.5 Å². The van der Waals surface area contributed by atoms with Crippen LogP contribution < -0.4 is 10.1 Å². The topological polar surface area (TPSA) is 88.5 Å². The normalized spacial score (nSPS) is 14.1. The van der Waals surface area contributed by atoms with E-state index in [0.29, 0.717) is 32.5 Å². The van der Waals surface area contributed by atoms with Gasteiger partial charge in [0.2, 0.25) is 5.91 Å². The first kappa shape index (κ1) is 23.2. The third-order valence-electron chi connectivity index (χ3n) is 5.70. The number of benzene rings is 2. The number of nitrogens with zero attached hydrogens (tertiary/aromatic N) is 1. The minimum absolute atomic E-state index is 0.0252. The van der Waals surface area contributed by atoms with E-state index in [-0.39, 0.29) is 19.4 Å². The molecule has 2 N–H and O–H groups in total. The summed E-state index contributed by atoms with van der Waals surface area (Å²) in [5.74, 6) is -3.03. The maximum absolute atomic E-state index is 13.7. The molecule has 0 radical (unpaired) electrons. The van der Waals surface area contributed by atoms with Crippen molar-refractivity contribution in [2.75, 3.05) is 7.11 Å². The Kier molecular flexibility index (Phi) is 6.40. The molecular weight excluding hydrogens is 470 g/mol. The molecule has 1 aliphatic rings. The van der Waals surface area contributed by atoms with Gasteiger partial charge in [0.25, 0.3) is 0 Å². The van der Waals surface area contributed by atoms with Crippen LogP contribution in [-0.2, 0) is 29.0 Å². The van der Waals surface area contributed by atoms with Crippen molar-refractivity contribution in [1.29, 1.82) is 0 Å². The highest BCUT2D eigenvalue weighted by molar-refractivity contribution is 7.80. The number of carbonyl (C=O) groups is 2. The third kappa shape index (κ3) is 4.72. The molecule has 0 saturated carbocycles. The van der Waals surface area contributed by atoms with Crippen molar-refractivity contribution in [3.8, 4) is 17.0 Å². The molecule has 172 valence electrons. The lowest BCUT2D eigenvalue weighted by Gasteiger charge is -2.25. The summed E-state index contributed by atoms with van der Waals surface area (Å²) >= 11 is 5.74. The molecular formula is C23H20F2N2O4S2. The Hall–Kier alpha value is -2.98. The molecule has 0 unspecified atom stereocenters. The highest BCUT2D eigenvalue weighted by atomic mass is 32.1. The van der Waals surface area contributed by atoms with Gasteiger partial charge in [-0.1, -0.05) is 0 Å². The number of thiazole rings is 1. The summed E-state index contributed by atoms with van der Waals surface area (Å²) < 4.78 is 32.5. The van der Waals surface area contributed by atoms with Gasteiger partial charge < -0.3 is 15.2 Å². The molecule has 1 aromatic heterocycles. The van der Waals surface area contributed by atoms with Gasteiger partial charge in [-0.15, -0.1) is 24.0 Å². The van der Waals surface area contributed by atoms with E-state index in [1.807, 2.05) is 17.5 Å². The van der Waals surface area contributed by atoms with Gasteiger partial charge in [-0.2, -0.15) is 0 Å². The largest absolute Gasteiger partial charge is 0.496 e. The number of carboxylic acids is 1. The van der Waals surface area contributed by atoms with Crippen molar-refractivity contribution in [2.45, 2.75) is 30.7 Å². The van der Waals surface area contributed by atoms with Crippen LogP contribution in [0.3, 0.4) is 0 Å². The fourth-order valence-electron chi connectivity index (χ4n) is 4.12. The number of nitrogens with one attached hydrogen (secondary N) is 1. The van der Waals surface area contributed by atoms with Crippen molar-refractivity contribution >= 4 is 35.8 Å². The van der Waals surface area contributed by atoms with Gasteiger partial charge in [-0.05, 0) is 54.3 Å². The van der Waals surface area contributed by atoms with Crippen LogP contribution in [0.2, 0.25) is 0 Å². The Balaban J connectivity index is 1.49. The van der Waals surface area contributed by atoms with E-state index in [1.54, 1.807) is 13.2 Å². The van der Waals surface area contributed by atoms with Crippen LogP contribution in [0.25, 0.3) is 11.3 Å². The SMILES string of the molecule is COc1ccc(-c2csc(CNC(=O)C3(CC(=O)O)Cc4cc(F)c(F)cc4C3)n2)cc1S. The second kappa shape index (κ2) is 9.11. The monoisotopic (exact) mass is 490 g/mol. The van der Waals surface area contributed by atoms with Crippen LogP contribution in [0, 0.1) is 17.0 Å². The summed E-state index contributed by atoms with van der Waals surface area (Å²) in [5, 5.41) is 14.6. The molecule has 3 aromatic rings. The molecule has 1 aliphatic carbocycles. The fraction of sp³-hybridized carbons (Fsp3) is 0.261. The van der Waals surface area contributed by atoms with Gasteiger partial charge in [0, 0.05) is 15.8 Å². The number of ether oxygens (including phenoxy) is 1. The Labute approximate surface area is 198 Å². The number of methoxy groups -OCH3 is 1. The molecule has 1 amide bonds. The smallest absolute Gasteiger partial charge is 0.304 e. The Morgan fingerprint density at radius 3 is 2.45 bits per heavy atom. The van der Waals surface area contributed by atoms with Gasteiger partial charge in [0.05, 0.1) is 31.2 Å². The second-order valence-electron chi connectivity index (χ2n) is 7.94. The molecule has 0 saturated heterocycles. The molecule has 0 fully saturated rings. The fourth-order valence-corrected chi connectivity index (χ4v) is 5.17.